The molecule has 2 aromatic rings. The molecule has 0 bridgehead atoms. The van der Waals surface area contributed by atoms with Gasteiger partial charge in [0.15, 0.2) is 23.1 Å². The van der Waals surface area contributed by atoms with Crippen molar-refractivity contribution >= 4 is 11.8 Å². The zero-order chi connectivity index (χ0) is 20.3. The van der Waals surface area contributed by atoms with Gasteiger partial charge in [-0.15, -0.1) is 0 Å². The van der Waals surface area contributed by atoms with Crippen LogP contribution in [0.5, 0.6) is 11.5 Å². The number of para-hydroxylation sites is 1. The Morgan fingerprint density at radius 1 is 1.18 bits per heavy atom. The number of aliphatic hydroxyl groups excluding tert-OH is 1. The summed E-state index contributed by atoms with van der Waals surface area (Å²) >= 11 is 0. The van der Waals surface area contributed by atoms with Crippen LogP contribution in [-0.4, -0.2) is 40.5 Å². The lowest BCUT2D eigenvalue weighted by Crippen LogP contribution is -2.44. The first-order valence-electron chi connectivity index (χ1n) is 8.79. The van der Waals surface area contributed by atoms with E-state index in [1.54, 1.807) is 12.1 Å². The second-order valence-corrected chi connectivity index (χ2v) is 6.59. The molecule has 2 amide bonds. The van der Waals surface area contributed by atoms with Gasteiger partial charge in [0.05, 0.1) is 6.10 Å². The quantitative estimate of drug-likeness (QED) is 0.822. The SMILES string of the molecule is CC(=O)N1C[C@H](O)C[C@@H]1C(=O)NCc1ccc(Oc2ccccc2F)c(F)c1. The van der Waals surface area contributed by atoms with E-state index in [9.17, 15) is 23.5 Å². The summed E-state index contributed by atoms with van der Waals surface area (Å²) in [4.78, 5) is 25.2. The highest BCUT2D eigenvalue weighted by atomic mass is 19.1. The van der Waals surface area contributed by atoms with E-state index in [-0.39, 0.29) is 36.9 Å². The molecule has 1 saturated heterocycles. The highest BCUT2D eigenvalue weighted by Gasteiger charge is 2.37. The van der Waals surface area contributed by atoms with E-state index < -0.39 is 29.7 Å². The maximum absolute atomic E-state index is 14.3. The van der Waals surface area contributed by atoms with E-state index in [4.69, 9.17) is 4.74 Å². The number of β-amino-alcohol motifs (C(OH)–C–C–N with tert-alkyl or cyclic N) is 1. The minimum atomic E-state index is -0.749. The second kappa shape index (κ2) is 8.35. The summed E-state index contributed by atoms with van der Waals surface area (Å²) in [6.07, 6.45) is -0.582. The zero-order valence-electron chi connectivity index (χ0n) is 15.2. The molecule has 2 N–H and O–H groups in total. The molecule has 2 atom stereocenters. The van der Waals surface area contributed by atoms with E-state index >= 15 is 0 Å². The van der Waals surface area contributed by atoms with Crippen molar-refractivity contribution in [1.29, 1.82) is 0 Å². The van der Waals surface area contributed by atoms with Gasteiger partial charge in [-0.25, -0.2) is 8.78 Å². The van der Waals surface area contributed by atoms with Crippen LogP contribution in [0.2, 0.25) is 0 Å². The molecule has 0 unspecified atom stereocenters. The second-order valence-electron chi connectivity index (χ2n) is 6.59. The largest absolute Gasteiger partial charge is 0.451 e. The third-order valence-electron chi connectivity index (χ3n) is 4.51. The number of rotatable bonds is 5. The molecule has 0 aliphatic carbocycles. The van der Waals surface area contributed by atoms with Gasteiger partial charge in [0, 0.05) is 26.4 Å². The fraction of sp³-hybridized carbons (Fsp3) is 0.300. The van der Waals surface area contributed by atoms with Crippen LogP contribution in [-0.2, 0) is 16.1 Å². The first-order valence-corrected chi connectivity index (χ1v) is 8.79. The Bertz CT molecular complexity index is 890. The molecule has 1 aliphatic rings. The normalized spacial score (nSPS) is 18.8. The van der Waals surface area contributed by atoms with Crippen molar-refractivity contribution in [3.8, 4) is 11.5 Å². The Hall–Kier alpha value is -3.00. The predicted molar refractivity (Wildman–Crippen MR) is 96.5 cm³/mol. The van der Waals surface area contributed by atoms with E-state index in [0.717, 1.165) is 0 Å². The highest BCUT2D eigenvalue weighted by molar-refractivity contribution is 5.87. The van der Waals surface area contributed by atoms with Gasteiger partial charge in [0.25, 0.3) is 0 Å². The summed E-state index contributed by atoms with van der Waals surface area (Å²) in [5.74, 6) is -2.24. The number of aliphatic hydroxyl groups is 1. The smallest absolute Gasteiger partial charge is 0.243 e. The number of hydrogen-bond donors (Lipinski definition) is 2. The highest BCUT2D eigenvalue weighted by Crippen LogP contribution is 2.27. The Balaban J connectivity index is 1.62. The molecular formula is C20H20F2N2O4. The number of carbonyl (C=O) groups excluding carboxylic acids is 2. The zero-order valence-corrected chi connectivity index (χ0v) is 15.2. The standard InChI is InChI=1S/C20H20F2N2O4/c1-12(25)24-11-14(26)9-17(24)20(27)23-10-13-6-7-19(16(22)8-13)28-18-5-3-2-4-15(18)21/h2-8,14,17,26H,9-11H2,1H3,(H,23,27)/t14-,17-/m1/s1. The van der Waals surface area contributed by atoms with E-state index in [0.29, 0.717) is 5.56 Å². The molecular weight excluding hydrogens is 370 g/mol. The van der Waals surface area contributed by atoms with Crippen LogP contribution in [0.1, 0.15) is 18.9 Å². The van der Waals surface area contributed by atoms with Crippen molar-refractivity contribution in [1.82, 2.24) is 10.2 Å². The molecule has 0 saturated carbocycles. The monoisotopic (exact) mass is 390 g/mol. The number of nitrogens with one attached hydrogen (secondary N) is 1. The molecule has 148 valence electrons. The number of likely N-dealkylation sites (tertiary alicyclic amines) is 1. The average molecular weight is 390 g/mol. The minimum absolute atomic E-state index is 0.0358. The van der Waals surface area contributed by atoms with Crippen molar-refractivity contribution in [2.45, 2.75) is 32.0 Å². The van der Waals surface area contributed by atoms with Crippen LogP contribution in [0.15, 0.2) is 42.5 Å². The summed E-state index contributed by atoms with van der Waals surface area (Å²) in [5, 5.41) is 12.3. The Labute approximate surface area is 160 Å². The van der Waals surface area contributed by atoms with Gasteiger partial charge in [-0.2, -0.15) is 0 Å². The fourth-order valence-corrected chi connectivity index (χ4v) is 3.10. The molecule has 1 fully saturated rings. The van der Waals surface area contributed by atoms with Gasteiger partial charge in [-0.3, -0.25) is 9.59 Å². The average Bonchev–Trinajstić information content (AvgIpc) is 3.05. The summed E-state index contributed by atoms with van der Waals surface area (Å²) in [6.45, 7) is 1.49. The molecule has 6 nitrogen and oxygen atoms in total. The number of hydrogen-bond acceptors (Lipinski definition) is 4. The van der Waals surface area contributed by atoms with E-state index in [1.807, 2.05) is 0 Å². The topological polar surface area (TPSA) is 78.9 Å². The molecule has 3 rings (SSSR count). The van der Waals surface area contributed by atoms with Gasteiger partial charge in [-0.1, -0.05) is 18.2 Å². The first kappa shape index (κ1) is 19.8. The summed E-state index contributed by atoms with van der Waals surface area (Å²) < 4.78 is 33.1. The van der Waals surface area contributed by atoms with Crippen LogP contribution in [0.4, 0.5) is 8.78 Å². The number of nitrogens with zero attached hydrogens (tertiary/aromatic N) is 1. The first-order chi connectivity index (χ1) is 13.3. The Morgan fingerprint density at radius 3 is 2.57 bits per heavy atom. The van der Waals surface area contributed by atoms with Crippen LogP contribution in [0, 0.1) is 11.6 Å². The number of benzene rings is 2. The lowest BCUT2D eigenvalue weighted by atomic mass is 10.1. The molecule has 28 heavy (non-hydrogen) atoms. The van der Waals surface area contributed by atoms with Crippen LogP contribution < -0.4 is 10.1 Å². The van der Waals surface area contributed by atoms with Gasteiger partial charge < -0.3 is 20.1 Å². The molecule has 8 heteroatoms. The Morgan fingerprint density at radius 2 is 1.89 bits per heavy atom. The van der Waals surface area contributed by atoms with Crippen molar-refractivity contribution < 1.29 is 28.2 Å². The van der Waals surface area contributed by atoms with Gasteiger partial charge in [0.1, 0.15) is 6.04 Å². The third kappa shape index (κ3) is 4.45. The van der Waals surface area contributed by atoms with Gasteiger partial charge in [0.2, 0.25) is 11.8 Å². The van der Waals surface area contributed by atoms with Crippen molar-refractivity contribution in [2.24, 2.45) is 0 Å². The van der Waals surface area contributed by atoms with Crippen molar-refractivity contribution in [3.05, 3.63) is 59.7 Å². The third-order valence-corrected chi connectivity index (χ3v) is 4.51. The predicted octanol–water partition coefficient (Wildman–Crippen LogP) is 2.36. The van der Waals surface area contributed by atoms with E-state index in [1.165, 1.54) is 42.2 Å². The molecule has 2 aromatic carbocycles. The van der Waals surface area contributed by atoms with Gasteiger partial charge >= 0.3 is 0 Å². The minimum Gasteiger partial charge on any atom is -0.451 e. The molecule has 0 spiro atoms. The van der Waals surface area contributed by atoms with Gasteiger partial charge in [-0.05, 0) is 29.8 Å². The summed E-state index contributed by atoms with van der Waals surface area (Å²) in [6, 6.07) is 9.01. The molecule has 1 heterocycles. The number of amides is 2. The van der Waals surface area contributed by atoms with E-state index in [2.05, 4.69) is 5.32 Å². The number of halogens is 2. The van der Waals surface area contributed by atoms with Crippen LogP contribution in [0.25, 0.3) is 0 Å². The van der Waals surface area contributed by atoms with Crippen molar-refractivity contribution in [3.63, 3.8) is 0 Å². The molecule has 0 radical (unpaired) electrons. The lowest BCUT2D eigenvalue weighted by molar-refractivity contribution is -0.137. The van der Waals surface area contributed by atoms with Crippen LogP contribution in [0.3, 0.4) is 0 Å². The lowest BCUT2D eigenvalue weighted by Gasteiger charge is -2.22. The molecule has 1 aliphatic heterocycles. The Kier molecular flexibility index (Phi) is 5.89. The number of ether oxygens (including phenoxy) is 1. The summed E-state index contributed by atoms with van der Waals surface area (Å²) in [7, 11) is 0. The van der Waals surface area contributed by atoms with Crippen molar-refractivity contribution in [2.75, 3.05) is 6.54 Å². The maximum atomic E-state index is 14.3. The van der Waals surface area contributed by atoms with Crippen LogP contribution >= 0.6 is 0 Å². The number of carbonyl (C=O) groups is 2. The summed E-state index contributed by atoms with van der Waals surface area (Å²) in [5.41, 5.74) is 0.472. The molecule has 0 aromatic heterocycles. The fourth-order valence-electron chi connectivity index (χ4n) is 3.10. The maximum Gasteiger partial charge on any atom is 0.243 e.